The van der Waals surface area contributed by atoms with E-state index >= 15 is 0 Å². The van der Waals surface area contributed by atoms with Crippen LogP contribution in [0.2, 0.25) is 0 Å². The van der Waals surface area contributed by atoms with E-state index in [-0.39, 0.29) is 29.9 Å². The van der Waals surface area contributed by atoms with Crippen LogP contribution in [0, 0.1) is 6.92 Å². The van der Waals surface area contributed by atoms with E-state index in [0.29, 0.717) is 53.6 Å². The van der Waals surface area contributed by atoms with E-state index in [1.54, 1.807) is 12.1 Å². The summed E-state index contributed by atoms with van der Waals surface area (Å²) in [6.45, 7) is 4.67. The number of carbonyl (C=O) groups is 2. The predicted molar refractivity (Wildman–Crippen MR) is 212 cm³/mol. The number of H-pyrrole nitrogens is 1. The van der Waals surface area contributed by atoms with E-state index in [1.165, 1.54) is 12.1 Å². The Labute approximate surface area is 315 Å². The number of amides is 2. The largest absolute Gasteiger partial charge is 0.506 e. The highest BCUT2D eigenvalue weighted by atomic mass is 16.6. The molecule has 5 aromatic rings. The number of aromatic nitrogens is 1. The van der Waals surface area contributed by atoms with E-state index in [1.807, 2.05) is 73.7 Å². The molecule has 6 N–H and O–H groups in total. The number of benzene rings is 4. The number of quaternary nitrogens is 1. The molecule has 1 aliphatic heterocycles. The summed E-state index contributed by atoms with van der Waals surface area (Å²) in [5.41, 5.74) is 6.89. The molecule has 0 aliphatic carbocycles. The van der Waals surface area contributed by atoms with Crippen LogP contribution in [0.25, 0.3) is 22.0 Å². The summed E-state index contributed by atoms with van der Waals surface area (Å²) in [7, 11) is 4.39. The lowest BCUT2D eigenvalue weighted by Gasteiger charge is -2.36. The van der Waals surface area contributed by atoms with Crippen LogP contribution >= 0.6 is 0 Å². The van der Waals surface area contributed by atoms with E-state index in [2.05, 4.69) is 35.0 Å². The van der Waals surface area contributed by atoms with Gasteiger partial charge in [-0.15, -0.1) is 0 Å². The number of likely N-dealkylation sites (tertiary alicyclic amines) is 1. The number of nitrogens with one attached hydrogen (secondary N) is 4. The number of pyridine rings is 1. The van der Waals surface area contributed by atoms with Crippen molar-refractivity contribution in [2.45, 2.75) is 57.8 Å². The minimum absolute atomic E-state index is 0.0523. The first-order chi connectivity index (χ1) is 25.9. The third-order valence-corrected chi connectivity index (χ3v) is 10.2. The third kappa shape index (κ3) is 9.93. The number of aliphatic hydroxyl groups is 1. The monoisotopic (exact) mass is 732 g/mol. The molecule has 0 radical (unpaired) electrons. The number of aromatic hydroxyl groups is 1. The maximum Gasteiger partial charge on any atom is 0.411 e. The summed E-state index contributed by atoms with van der Waals surface area (Å²) in [4.78, 5) is 40.3. The third-order valence-electron chi connectivity index (χ3n) is 10.2. The summed E-state index contributed by atoms with van der Waals surface area (Å²) < 4.78 is 6.76. The summed E-state index contributed by atoms with van der Waals surface area (Å²) in [5.74, 6) is -0.133. The van der Waals surface area contributed by atoms with Gasteiger partial charge in [-0.3, -0.25) is 14.9 Å². The molecule has 6 rings (SSSR count). The molecule has 1 aliphatic rings. The van der Waals surface area contributed by atoms with Gasteiger partial charge in [0.2, 0.25) is 11.5 Å². The average Bonchev–Trinajstić information content (AvgIpc) is 3.14. The van der Waals surface area contributed by atoms with Crippen LogP contribution in [0.4, 0.5) is 16.2 Å². The first-order valence-electron chi connectivity index (χ1n) is 18.6. The Kier molecular flexibility index (Phi) is 12.1. The first-order valence-corrected chi connectivity index (χ1v) is 18.6. The number of piperidine rings is 1. The van der Waals surface area contributed by atoms with Gasteiger partial charge < -0.3 is 35.1 Å². The van der Waals surface area contributed by atoms with Gasteiger partial charge in [-0.1, -0.05) is 54.6 Å². The maximum absolute atomic E-state index is 13.0. The lowest BCUT2D eigenvalue weighted by molar-refractivity contribution is -0.896. The van der Waals surface area contributed by atoms with Gasteiger partial charge in [-0.25, -0.2) is 4.79 Å². The minimum Gasteiger partial charge on any atom is -0.506 e. The molecule has 2 heterocycles. The van der Waals surface area contributed by atoms with Gasteiger partial charge >= 0.3 is 6.09 Å². The molecule has 0 spiro atoms. The van der Waals surface area contributed by atoms with Crippen molar-refractivity contribution >= 4 is 34.3 Å². The molecule has 54 heavy (non-hydrogen) atoms. The minimum atomic E-state index is -0.863. The fourth-order valence-corrected chi connectivity index (χ4v) is 7.02. The Morgan fingerprint density at radius 2 is 1.72 bits per heavy atom. The lowest BCUT2D eigenvalue weighted by Crippen LogP contribution is -2.48. The van der Waals surface area contributed by atoms with Gasteiger partial charge in [-0.2, -0.15) is 0 Å². The van der Waals surface area contributed by atoms with Crippen molar-refractivity contribution in [3.05, 3.63) is 124 Å². The Balaban J connectivity index is 0.995. The van der Waals surface area contributed by atoms with Gasteiger partial charge in [-0.05, 0) is 77.9 Å². The first kappa shape index (κ1) is 38.2. The van der Waals surface area contributed by atoms with Crippen molar-refractivity contribution in [1.29, 1.82) is 0 Å². The highest BCUT2D eigenvalue weighted by Crippen LogP contribution is 2.31. The SMILES string of the molecule is Cc1cc(NC(=O)CCCc2ccc(-c3ccccc3)c(NC(=O)OC3CC[N+](C)(C)CC3)c2)ccc1CNC[C@@H](O)c1ccc(O)c2[nH]c(=O)ccc12. The summed E-state index contributed by atoms with van der Waals surface area (Å²) >= 11 is 0. The van der Waals surface area contributed by atoms with Crippen LogP contribution in [-0.4, -0.2) is 71.5 Å². The topological polar surface area (TPSA) is 153 Å². The zero-order chi connectivity index (χ0) is 38.2. The molecular weight excluding hydrogens is 683 g/mol. The second kappa shape index (κ2) is 17.1. The normalized spacial score (nSPS) is 14.7. The Morgan fingerprint density at radius 3 is 2.48 bits per heavy atom. The second-order valence-corrected chi connectivity index (χ2v) is 14.8. The van der Waals surface area contributed by atoms with E-state index in [4.69, 9.17) is 4.74 Å². The van der Waals surface area contributed by atoms with Crippen molar-refractivity contribution in [2.24, 2.45) is 0 Å². The van der Waals surface area contributed by atoms with Gasteiger partial charge in [0.05, 0.1) is 44.5 Å². The number of hydrogen-bond acceptors (Lipinski definition) is 7. The Hall–Kier alpha value is -5.49. The van der Waals surface area contributed by atoms with Gasteiger partial charge in [0, 0.05) is 55.1 Å². The second-order valence-electron chi connectivity index (χ2n) is 14.8. The van der Waals surface area contributed by atoms with E-state index in [0.717, 1.165) is 58.2 Å². The number of fused-ring (bicyclic) bond motifs is 1. The summed E-state index contributed by atoms with van der Waals surface area (Å²) in [5, 5.41) is 30.9. The number of rotatable bonds is 13. The number of nitrogens with zero attached hydrogens (tertiary/aromatic N) is 1. The molecule has 1 fully saturated rings. The van der Waals surface area contributed by atoms with Crippen molar-refractivity contribution in [3.63, 3.8) is 0 Å². The molecule has 0 saturated carbocycles. The number of aliphatic hydroxyl groups excluding tert-OH is 1. The number of carbonyl (C=O) groups excluding carboxylic acids is 2. The van der Waals surface area contributed by atoms with Crippen LogP contribution in [0.5, 0.6) is 5.75 Å². The van der Waals surface area contributed by atoms with Gasteiger partial charge in [0.1, 0.15) is 11.9 Å². The highest BCUT2D eigenvalue weighted by molar-refractivity contribution is 5.92. The van der Waals surface area contributed by atoms with Crippen LogP contribution in [-0.2, 0) is 22.5 Å². The number of phenols is 1. The predicted octanol–water partition coefficient (Wildman–Crippen LogP) is 6.78. The quantitative estimate of drug-likeness (QED) is 0.0730. The van der Waals surface area contributed by atoms with Crippen LogP contribution in [0.1, 0.15) is 54.0 Å². The molecule has 0 bridgehead atoms. The average molecular weight is 733 g/mol. The Morgan fingerprint density at radius 1 is 0.944 bits per heavy atom. The summed E-state index contributed by atoms with van der Waals surface area (Å²) in [6.07, 6.45) is 1.91. The zero-order valence-corrected chi connectivity index (χ0v) is 31.2. The van der Waals surface area contributed by atoms with Crippen molar-refractivity contribution in [2.75, 3.05) is 44.4 Å². The number of anilines is 2. The Bertz CT molecular complexity index is 2160. The van der Waals surface area contributed by atoms with Crippen molar-refractivity contribution < 1.29 is 29.0 Å². The number of aromatic amines is 1. The fourth-order valence-electron chi connectivity index (χ4n) is 7.02. The fraction of sp³-hybridized carbons (Fsp3) is 0.326. The van der Waals surface area contributed by atoms with Crippen LogP contribution in [0.3, 0.4) is 0 Å². The molecule has 4 aromatic carbocycles. The van der Waals surface area contributed by atoms with Crippen LogP contribution < -0.4 is 21.5 Å². The highest BCUT2D eigenvalue weighted by Gasteiger charge is 2.28. The van der Waals surface area contributed by atoms with Crippen LogP contribution in [0.15, 0.2) is 95.8 Å². The number of aryl methyl sites for hydroxylation is 2. The molecule has 1 saturated heterocycles. The molecule has 11 heteroatoms. The van der Waals surface area contributed by atoms with E-state index in [9.17, 15) is 24.6 Å². The van der Waals surface area contributed by atoms with E-state index < -0.39 is 12.2 Å². The van der Waals surface area contributed by atoms with Crippen molar-refractivity contribution in [1.82, 2.24) is 10.3 Å². The standard InChI is InChI=1S/C43H49N5O6/c1-28-24-32(14-13-31(28)26-44-27-39(50)35-16-18-38(49)42-36(35)17-19-41(52)47-42)45-40(51)11-7-8-29-12-15-34(30-9-5-4-6-10-30)37(25-29)46-43(53)54-33-20-22-48(2,3)23-21-33/h4-6,9-10,12-19,24-25,33,39,44,50H,7-8,11,20-23,26-27H2,1-3H3,(H3-,45,46,47,49,51,52,53)/p+1/t39-/m1/s1. The molecule has 282 valence electrons. The number of ether oxygens (including phenoxy) is 1. The zero-order valence-electron chi connectivity index (χ0n) is 31.2. The smallest absolute Gasteiger partial charge is 0.411 e. The lowest BCUT2D eigenvalue weighted by atomic mass is 9.99. The molecular formula is C43H50N5O6+. The molecule has 1 atom stereocenters. The number of hydrogen-bond donors (Lipinski definition) is 6. The number of phenolic OH excluding ortho intramolecular Hbond substituents is 1. The van der Waals surface area contributed by atoms with Gasteiger partial charge in [0.15, 0.2) is 0 Å². The summed E-state index contributed by atoms with van der Waals surface area (Å²) in [6, 6.07) is 27.8. The molecule has 1 aromatic heterocycles. The van der Waals surface area contributed by atoms with Crippen molar-refractivity contribution in [3.8, 4) is 16.9 Å². The van der Waals surface area contributed by atoms with Gasteiger partial charge in [0.25, 0.3) is 0 Å². The maximum atomic E-state index is 13.0. The molecule has 0 unspecified atom stereocenters. The molecule has 2 amide bonds. The molecule has 11 nitrogen and oxygen atoms in total.